The molecule has 21 heavy (non-hydrogen) atoms. The van der Waals surface area contributed by atoms with Crippen LogP contribution >= 0.6 is 23.4 Å². The summed E-state index contributed by atoms with van der Waals surface area (Å²) in [5.74, 6) is 0.198. The van der Waals surface area contributed by atoms with Crippen molar-refractivity contribution in [3.8, 4) is 0 Å². The number of aliphatic hydroxyl groups excluding tert-OH is 2. The smallest absolute Gasteiger partial charge is 0.225 e. The monoisotopic (exact) mass is 331 g/mol. The lowest BCUT2D eigenvalue weighted by atomic mass is 10.1. The van der Waals surface area contributed by atoms with Crippen molar-refractivity contribution in [1.82, 2.24) is 0 Å². The highest BCUT2D eigenvalue weighted by molar-refractivity contribution is 8.13. The number of benzene rings is 1. The van der Waals surface area contributed by atoms with Crippen LogP contribution in [0.5, 0.6) is 0 Å². The largest absolute Gasteiger partial charge is 0.389 e. The van der Waals surface area contributed by atoms with Gasteiger partial charge in [-0.15, -0.1) is 11.6 Å². The first kappa shape index (κ1) is 18.0. The first-order valence-electron chi connectivity index (χ1n) is 6.39. The van der Waals surface area contributed by atoms with Gasteiger partial charge in [0.05, 0.1) is 6.10 Å². The summed E-state index contributed by atoms with van der Waals surface area (Å²) >= 11 is 6.43. The Kier molecular flexibility index (Phi) is 7.74. The van der Waals surface area contributed by atoms with E-state index in [1.54, 1.807) is 24.3 Å². The Balaban J connectivity index is 2.60. The minimum Gasteiger partial charge on any atom is -0.389 e. The molecule has 2 atom stereocenters. The number of hydrogen-bond acceptors (Lipinski definition) is 5. The van der Waals surface area contributed by atoms with E-state index in [1.165, 1.54) is 6.92 Å². The van der Waals surface area contributed by atoms with E-state index in [4.69, 9.17) is 11.6 Å². The van der Waals surface area contributed by atoms with Crippen LogP contribution in [0.2, 0.25) is 0 Å². The molecule has 3 N–H and O–H groups in total. The zero-order chi connectivity index (χ0) is 15.8. The summed E-state index contributed by atoms with van der Waals surface area (Å²) in [4.78, 5) is 22.2. The molecule has 0 saturated carbocycles. The van der Waals surface area contributed by atoms with Crippen LogP contribution in [-0.2, 0) is 9.59 Å². The van der Waals surface area contributed by atoms with Crippen molar-refractivity contribution in [3.63, 3.8) is 0 Å². The van der Waals surface area contributed by atoms with Gasteiger partial charge in [-0.3, -0.25) is 9.59 Å². The normalized spacial score (nSPS) is 13.5. The molecular formula is C14H18ClNO4S. The maximum absolute atomic E-state index is 11.4. The van der Waals surface area contributed by atoms with E-state index < -0.39 is 12.2 Å². The number of thioether (sulfide) groups is 1. The first-order chi connectivity index (χ1) is 9.93. The molecule has 7 heteroatoms. The van der Waals surface area contributed by atoms with Crippen LogP contribution in [0, 0.1) is 0 Å². The molecule has 0 radical (unpaired) electrons. The van der Waals surface area contributed by atoms with Gasteiger partial charge in [0.25, 0.3) is 0 Å². The third-order valence-electron chi connectivity index (χ3n) is 2.68. The number of hydrogen-bond donors (Lipinski definition) is 3. The summed E-state index contributed by atoms with van der Waals surface area (Å²) in [5, 5.41) is 22.3. The Labute approximate surface area is 132 Å². The number of carbonyl (C=O) groups excluding carboxylic acids is 2. The van der Waals surface area contributed by atoms with Crippen molar-refractivity contribution in [2.45, 2.75) is 25.6 Å². The summed E-state index contributed by atoms with van der Waals surface area (Å²) in [6.07, 6.45) is -1.88. The molecule has 0 fully saturated rings. The summed E-state index contributed by atoms with van der Waals surface area (Å²) < 4.78 is 0. The predicted molar refractivity (Wildman–Crippen MR) is 84.5 cm³/mol. The van der Waals surface area contributed by atoms with Gasteiger partial charge in [0.2, 0.25) is 5.91 Å². The average molecular weight is 332 g/mol. The minimum absolute atomic E-state index is 0.112. The molecular weight excluding hydrogens is 314 g/mol. The van der Waals surface area contributed by atoms with Gasteiger partial charge in [-0.05, 0) is 17.7 Å². The van der Waals surface area contributed by atoms with Gasteiger partial charge in [-0.25, -0.2) is 0 Å². The van der Waals surface area contributed by atoms with Crippen LogP contribution in [0.1, 0.15) is 25.0 Å². The van der Waals surface area contributed by atoms with Crippen LogP contribution in [0.4, 0.5) is 5.69 Å². The van der Waals surface area contributed by atoms with Crippen molar-refractivity contribution in [2.24, 2.45) is 0 Å². The Morgan fingerprint density at radius 1 is 1.29 bits per heavy atom. The highest BCUT2D eigenvalue weighted by atomic mass is 35.5. The minimum atomic E-state index is -1.08. The third-order valence-corrected chi connectivity index (χ3v) is 3.78. The molecule has 1 aromatic carbocycles. The van der Waals surface area contributed by atoms with Crippen molar-refractivity contribution in [1.29, 1.82) is 0 Å². The van der Waals surface area contributed by atoms with Crippen molar-refractivity contribution < 1.29 is 19.8 Å². The lowest BCUT2D eigenvalue weighted by Crippen LogP contribution is -2.21. The predicted octanol–water partition coefficient (Wildman–Crippen LogP) is 1.93. The van der Waals surface area contributed by atoms with E-state index in [1.807, 2.05) is 0 Å². The molecule has 5 nitrogen and oxygen atoms in total. The molecule has 0 aliphatic carbocycles. The zero-order valence-electron chi connectivity index (χ0n) is 11.6. The number of aliphatic hydroxyl groups is 2. The summed E-state index contributed by atoms with van der Waals surface area (Å²) in [5.41, 5.74) is 1.11. The molecule has 1 rings (SSSR count). The number of anilines is 1. The SMILES string of the molecule is CC(=O)SCC(O)C(O)c1ccc(NC(=O)CCCl)cc1. The average Bonchev–Trinajstić information content (AvgIpc) is 2.45. The Hall–Kier alpha value is -1.08. The van der Waals surface area contributed by atoms with Crippen LogP contribution in [0.3, 0.4) is 0 Å². The number of carbonyl (C=O) groups is 2. The zero-order valence-corrected chi connectivity index (χ0v) is 13.2. The Morgan fingerprint density at radius 3 is 2.43 bits per heavy atom. The molecule has 0 aromatic heterocycles. The molecule has 1 amide bonds. The Bertz CT molecular complexity index is 480. The fraction of sp³-hybridized carbons (Fsp3) is 0.429. The van der Waals surface area contributed by atoms with Gasteiger partial charge in [-0.2, -0.15) is 0 Å². The van der Waals surface area contributed by atoms with Gasteiger partial charge >= 0.3 is 0 Å². The number of halogens is 1. The van der Waals surface area contributed by atoms with Gasteiger partial charge in [0.15, 0.2) is 5.12 Å². The van der Waals surface area contributed by atoms with Crippen LogP contribution in [0.15, 0.2) is 24.3 Å². The first-order valence-corrected chi connectivity index (χ1v) is 7.91. The topological polar surface area (TPSA) is 86.6 Å². The molecule has 2 unspecified atom stereocenters. The lowest BCUT2D eigenvalue weighted by Gasteiger charge is -2.17. The van der Waals surface area contributed by atoms with Crippen LogP contribution in [-0.4, -0.2) is 39.0 Å². The van der Waals surface area contributed by atoms with E-state index in [2.05, 4.69) is 5.32 Å². The number of amides is 1. The lowest BCUT2D eigenvalue weighted by molar-refractivity contribution is -0.115. The fourth-order valence-corrected chi connectivity index (χ4v) is 2.35. The second-order valence-corrected chi connectivity index (χ2v) is 6.00. The number of alkyl halides is 1. The fourth-order valence-electron chi connectivity index (χ4n) is 1.59. The van der Waals surface area contributed by atoms with E-state index in [9.17, 15) is 19.8 Å². The summed E-state index contributed by atoms with van der Waals surface area (Å²) in [6, 6.07) is 6.50. The molecule has 116 valence electrons. The second kappa shape index (κ2) is 9.04. The van der Waals surface area contributed by atoms with Crippen LogP contribution < -0.4 is 5.32 Å². The molecule has 0 heterocycles. The highest BCUT2D eigenvalue weighted by Crippen LogP contribution is 2.22. The number of rotatable bonds is 7. The van der Waals surface area contributed by atoms with E-state index >= 15 is 0 Å². The summed E-state index contributed by atoms with van der Waals surface area (Å²) in [7, 11) is 0. The second-order valence-electron chi connectivity index (χ2n) is 4.42. The standard InChI is InChI=1S/C14H18ClNO4S/c1-9(17)21-8-12(18)14(20)10-2-4-11(5-3-10)16-13(19)6-7-15/h2-5,12,14,18,20H,6-8H2,1H3,(H,16,19). The van der Waals surface area contributed by atoms with Gasteiger partial charge in [0, 0.05) is 30.7 Å². The van der Waals surface area contributed by atoms with Crippen molar-refractivity contribution >= 4 is 40.1 Å². The molecule has 0 bridgehead atoms. The molecule has 0 aliphatic rings. The van der Waals surface area contributed by atoms with E-state index in [-0.39, 0.29) is 29.1 Å². The van der Waals surface area contributed by atoms with Gasteiger partial charge < -0.3 is 15.5 Å². The van der Waals surface area contributed by atoms with E-state index in [0.717, 1.165) is 11.8 Å². The van der Waals surface area contributed by atoms with Crippen molar-refractivity contribution in [3.05, 3.63) is 29.8 Å². The van der Waals surface area contributed by atoms with Gasteiger partial charge in [0.1, 0.15) is 6.10 Å². The third kappa shape index (κ3) is 6.48. The van der Waals surface area contributed by atoms with E-state index in [0.29, 0.717) is 11.3 Å². The molecule has 0 aliphatic heterocycles. The number of nitrogens with one attached hydrogen (secondary N) is 1. The molecule has 1 aromatic rings. The molecule has 0 spiro atoms. The Morgan fingerprint density at radius 2 is 1.90 bits per heavy atom. The van der Waals surface area contributed by atoms with Crippen molar-refractivity contribution in [2.75, 3.05) is 16.9 Å². The highest BCUT2D eigenvalue weighted by Gasteiger charge is 2.19. The maximum atomic E-state index is 11.4. The quantitative estimate of drug-likeness (QED) is 0.665. The van der Waals surface area contributed by atoms with Gasteiger partial charge in [-0.1, -0.05) is 23.9 Å². The summed E-state index contributed by atoms with van der Waals surface area (Å²) in [6.45, 7) is 1.40. The van der Waals surface area contributed by atoms with Crippen LogP contribution in [0.25, 0.3) is 0 Å². The maximum Gasteiger partial charge on any atom is 0.225 e. The molecule has 0 saturated heterocycles.